The Morgan fingerprint density at radius 3 is 1.76 bits per heavy atom. The normalized spacial score (nSPS) is 13.1. The van der Waals surface area contributed by atoms with E-state index in [1.165, 1.54) is 70.8 Å². The van der Waals surface area contributed by atoms with Crippen LogP contribution in [-0.2, 0) is 0 Å². The van der Waals surface area contributed by atoms with Crippen LogP contribution in [0.15, 0.2) is 194 Å². The largest absolute Gasteiger partial charge is 0.309 e. The molecule has 0 fully saturated rings. The first kappa shape index (κ1) is 33.8. The zero-order valence-electron chi connectivity index (χ0n) is 32.8. The van der Waals surface area contributed by atoms with Crippen molar-refractivity contribution >= 4 is 62.2 Å². The van der Waals surface area contributed by atoms with Crippen LogP contribution in [-0.4, -0.2) is 27.2 Å². The Balaban J connectivity index is 1.12. The summed E-state index contributed by atoms with van der Waals surface area (Å²) in [6, 6.07) is 70.3. The van der Waals surface area contributed by atoms with Gasteiger partial charge in [-0.25, -0.2) is 9.97 Å². The van der Waals surface area contributed by atoms with E-state index >= 15 is 0 Å². The molecular formula is C54H38N4Si. The van der Waals surface area contributed by atoms with E-state index < -0.39 is 8.07 Å². The number of hydrogen-bond donors (Lipinski definition) is 0. The van der Waals surface area contributed by atoms with Gasteiger partial charge in [0.05, 0.1) is 27.8 Å². The summed E-state index contributed by atoms with van der Waals surface area (Å²) in [5.74, 6) is 0.781. The molecule has 0 saturated heterocycles. The lowest BCUT2D eigenvalue weighted by Crippen LogP contribution is -2.50. The maximum absolute atomic E-state index is 5.43. The molecule has 4 heterocycles. The Bertz CT molecular complexity index is 3420. The number of benzene rings is 8. The molecule has 0 atom stereocenters. The average Bonchev–Trinajstić information content (AvgIpc) is 3.89. The minimum atomic E-state index is -2.10. The lowest BCUT2D eigenvalue weighted by atomic mass is 9.95. The molecule has 0 unspecified atom stereocenters. The molecule has 0 amide bonds. The highest BCUT2D eigenvalue weighted by atomic mass is 28.3. The second-order valence-corrected chi connectivity index (χ2v) is 20.4. The predicted molar refractivity (Wildman–Crippen MR) is 249 cm³/mol. The van der Waals surface area contributed by atoms with Crippen molar-refractivity contribution in [3.05, 3.63) is 194 Å². The zero-order valence-corrected chi connectivity index (χ0v) is 33.8. The molecule has 3 aromatic heterocycles. The van der Waals surface area contributed by atoms with E-state index in [0.29, 0.717) is 0 Å². The van der Waals surface area contributed by atoms with Crippen LogP contribution in [0, 0.1) is 0 Å². The van der Waals surface area contributed by atoms with Gasteiger partial charge in [0.2, 0.25) is 0 Å². The third-order valence-corrected chi connectivity index (χ3v) is 15.8. The molecule has 0 radical (unpaired) electrons. The van der Waals surface area contributed by atoms with E-state index in [2.05, 4.69) is 216 Å². The summed E-state index contributed by atoms with van der Waals surface area (Å²) in [5, 5.41) is 7.58. The van der Waals surface area contributed by atoms with E-state index in [9.17, 15) is 0 Å². The van der Waals surface area contributed by atoms with Crippen LogP contribution >= 0.6 is 0 Å². The number of hydrogen-bond acceptors (Lipinski definition) is 2. The van der Waals surface area contributed by atoms with E-state index in [1.54, 1.807) is 0 Å². The Hall–Kier alpha value is -7.34. The monoisotopic (exact) mass is 770 g/mol. The number of nitrogens with zero attached hydrogens (tertiary/aromatic N) is 4. The van der Waals surface area contributed by atoms with Crippen LogP contribution in [0.2, 0.25) is 13.1 Å². The summed E-state index contributed by atoms with van der Waals surface area (Å²) in [5.41, 5.74) is 14.9. The number of para-hydroxylation sites is 3. The number of rotatable bonds is 5. The minimum absolute atomic E-state index is 0.781. The van der Waals surface area contributed by atoms with Crippen LogP contribution in [0.5, 0.6) is 0 Å². The minimum Gasteiger partial charge on any atom is -0.309 e. The molecule has 11 aromatic rings. The van der Waals surface area contributed by atoms with Gasteiger partial charge in [0.1, 0.15) is 8.07 Å². The van der Waals surface area contributed by atoms with Gasteiger partial charge < -0.3 is 9.13 Å². The van der Waals surface area contributed by atoms with Crippen molar-refractivity contribution in [1.82, 2.24) is 19.1 Å². The van der Waals surface area contributed by atoms with Crippen molar-refractivity contribution in [2.24, 2.45) is 0 Å². The summed E-state index contributed by atoms with van der Waals surface area (Å²) in [6.45, 7) is 4.85. The molecule has 12 rings (SSSR count). The van der Waals surface area contributed by atoms with Crippen molar-refractivity contribution in [3.63, 3.8) is 0 Å². The molecule has 4 nitrogen and oxygen atoms in total. The van der Waals surface area contributed by atoms with E-state index in [1.807, 2.05) is 0 Å². The lowest BCUT2D eigenvalue weighted by Gasteiger charge is -2.19. The van der Waals surface area contributed by atoms with Crippen LogP contribution in [0.1, 0.15) is 0 Å². The first-order valence-corrected chi connectivity index (χ1v) is 23.3. The summed E-state index contributed by atoms with van der Waals surface area (Å²) >= 11 is 0. The molecule has 0 bridgehead atoms. The molecule has 0 spiro atoms. The van der Waals surface area contributed by atoms with Gasteiger partial charge in [-0.15, -0.1) is 0 Å². The molecule has 59 heavy (non-hydrogen) atoms. The second-order valence-electron chi connectivity index (χ2n) is 16.2. The SMILES string of the molecule is C[Si]1(C)c2ccccc2-c2c(-c3cccc(-c4cccc5c4c4cc(-n6c7ccccc7c7ccccc76)ccc4n5-c4ccccc4)c3)nc(-c3ccccc3)nc21. The molecule has 1 aliphatic heterocycles. The maximum Gasteiger partial charge on any atom is 0.159 e. The first-order chi connectivity index (χ1) is 29.0. The van der Waals surface area contributed by atoms with Gasteiger partial charge in [-0.1, -0.05) is 153 Å². The molecular weight excluding hydrogens is 733 g/mol. The summed E-state index contributed by atoms with van der Waals surface area (Å²) in [4.78, 5) is 10.8. The molecule has 1 aliphatic rings. The molecule has 8 aromatic carbocycles. The second kappa shape index (κ2) is 12.8. The van der Waals surface area contributed by atoms with E-state index in [-0.39, 0.29) is 0 Å². The van der Waals surface area contributed by atoms with Crippen LogP contribution in [0.25, 0.3) is 99.9 Å². The molecule has 278 valence electrons. The predicted octanol–water partition coefficient (Wildman–Crippen LogP) is 12.5. The lowest BCUT2D eigenvalue weighted by molar-refractivity contribution is 1.17. The van der Waals surface area contributed by atoms with Gasteiger partial charge in [0.15, 0.2) is 5.82 Å². The third-order valence-electron chi connectivity index (χ3n) is 12.5. The van der Waals surface area contributed by atoms with Gasteiger partial charge in [0.25, 0.3) is 0 Å². The van der Waals surface area contributed by atoms with Crippen molar-refractivity contribution in [1.29, 1.82) is 0 Å². The first-order valence-electron chi connectivity index (χ1n) is 20.3. The fourth-order valence-electron chi connectivity index (χ4n) is 9.80. The Labute approximate surface area is 343 Å². The highest BCUT2D eigenvalue weighted by Crippen LogP contribution is 2.43. The van der Waals surface area contributed by atoms with Crippen molar-refractivity contribution < 1.29 is 0 Å². The summed E-state index contributed by atoms with van der Waals surface area (Å²) in [6.07, 6.45) is 0. The van der Waals surface area contributed by atoms with Crippen LogP contribution in [0.3, 0.4) is 0 Å². The van der Waals surface area contributed by atoms with Gasteiger partial charge in [0, 0.05) is 54.9 Å². The number of fused-ring (bicyclic) bond motifs is 9. The Morgan fingerprint density at radius 1 is 0.407 bits per heavy atom. The van der Waals surface area contributed by atoms with Gasteiger partial charge in [-0.2, -0.15) is 0 Å². The van der Waals surface area contributed by atoms with Crippen molar-refractivity contribution in [2.75, 3.05) is 0 Å². The fourth-order valence-corrected chi connectivity index (χ4v) is 12.7. The molecule has 0 N–H and O–H groups in total. The van der Waals surface area contributed by atoms with Crippen LogP contribution < -0.4 is 10.5 Å². The highest BCUT2D eigenvalue weighted by molar-refractivity contribution is 7.03. The van der Waals surface area contributed by atoms with Gasteiger partial charge >= 0.3 is 0 Å². The summed E-state index contributed by atoms with van der Waals surface area (Å²) < 4.78 is 4.84. The van der Waals surface area contributed by atoms with E-state index in [4.69, 9.17) is 9.97 Å². The quantitative estimate of drug-likeness (QED) is 0.163. The average molecular weight is 771 g/mol. The topological polar surface area (TPSA) is 35.6 Å². The van der Waals surface area contributed by atoms with Crippen molar-refractivity contribution in [3.8, 4) is 56.3 Å². The Morgan fingerprint density at radius 2 is 0.983 bits per heavy atom. The van der Waals surface area contributed by atoms with E-state index in [0.717, 1.165) is 39.6 Å². The van der Waals surface area contributed by atoms with Gasteiger partial charge in [-0.05, 0) is 76.5 Å². The smallest absolute Gasteiger partial charge is 0.159 e. The van der Waals surface area contributed by atoms with Crippen molar-refractivity contribution in [2.45, 2.75) is 13.1 Å². The maximum atomic E-state index is 5.43. The number of aromatic nitrogens is 4. The summed E-state index contributed by atoms with van der Waals surface area (Å²) in [7, 11) is -2.10. The van der Waals surface area contributed by atoms with Crippen LogP contribution in [0.4, 0.5) is 0 Å². The molecule has 0 aliphatic carbocycles. The molecule has 5 heteroatoms. The fraction of sp³-hybridized carbons (Fsp3) is 0.0370. The Kier molecular flexibility index (Phi) is 7.34. The third kappa shape index (κ3) is 5.01. The zero-order chi connectivity index (χ0) is 39.2. The molecule has 0 saturated carbocycles. The van der Waals surface area contributed by atoms with Gasteiger partial charge in [-0.3, -0.25) is 0 Å². The standard InChI is InChI=1S/C54H38N4Si/c1-59(2)49-30-14-11-25-43(49)51-52(55-53(56-54(51)59)35-17-5-3-6-18-35)37-20-15-19-36(33-37)40-26-16-29-48-50(40)44-34-39(31-32-47(44)57(48)38-21-7-4-8-22-38)58-45-27-12-9-23-41(45)42-24-10-13-28-46(42)58/h3-34H,1-2H3. The highest BCUT2D eigenvalue weighted by Gasteiger charge is 2.41.